The van der Waals surface area contributed by atoms with Crippen LogP contribution in [-0.2, 0) is 14.4 Å². The average molecular weight is 550 g/mol. The second-order valence-electron chi connectivity index (χ2n) is 9.86. The smallest absolute Gasteiger partial charge is 0.487 e. The highest BCUT2D eigenvalue weighted by molar-refractivity contribution is 5.91. The molecular formula is C28H34F3N3O5. The molecule has 0 radical (unpaired) electrons. The fourth-order valence-corrected chi connectivity index (χ4v) is 5.14. The van der Waals surface area contributed by atoms with Gasteiger partial charge in [0.2, 0.25) is 11.8 Å². The first-order chi connectivity index (χ1) is 18.5. The molecule has 4 rings (SSSR count). The SMILES string of the molecule is CCC(CC)C(=O)N1CCC2(CC1)CC(CC(=O)Nc1cccnc1)c1ccccc1O2.O=C(O)C(F)(F)F. The van der Waals surface area contributed by atoms with Crippen molar-refractivity contribution in [1.29, 1.82) is 0 Å². The highest BCUT2D eigenvalue weighted by Crippen LogP contribution is 2.46. The van der Waals surface area contributed by atoms with Crippen LogP contribution >= 0.6 is 0 Å². The molecule has 0 saturated carbocycles. The number of hydrogen-bond acceptors (Lipinski definition) is 5. The number of likely N-dealkylation sites (tertiary alicyclic amines) is 1. The zero-order chi connectivity index (χ0) is 28.6. The molecule has 1 aromatic heterocycles. The Morgan fingerprint density at radius 1 is 1.13 bits per heavy atom. The molecular weight excluding hydrogens is 515 g/mol. The van der Waals surface area contributed by atoms with Crippen LogP contribution < -0.4 is 10.1 Å². The number of para-hydroxylation sites is 1. The number of amides is 2. The van der Waals surface area contributed by atoms with Gasteiger partial charge in [0.1, 0.15) is 11.4 Å². The van der Waals surface area contributed by atoms with Gasteiger partial charge in [-0.2, -0.15) is 13.2 Å². The standard InChI is InChI=1S/C26H33N3O3.C2HF3O2/c1-3-19(4-2)25(31)29-14-11-26(12-15-29)17-20(22-9-5-6-10-23(22)32-26)16-24(30)28-21-8-7-13-27-18-21;3-2(4,5)1(6)7/h5-10,13,18-20H,3-4,11-12,14-17H2,1-2H3,(H,28,30);(H,6,7). The van der Waals surface area contributed by atoms with E-state index in [2.05, 4.69) is 30.2 Å². The summed E-state index contributed by atoms with van der Waals surface area (Å²) in [5, 5.41) is 10.1. The van der Waals surface area contributed by atoms with E-state index >= 15 is 0 Å². The Hall–Kier alpha value is -3.63. The lowest BCUT2D eigenvalue weighted by atomic mass is 9.76. The molecule has 2 aliphatic heterocycles. The van der Waals surface area contributed by atoms with E-state index in [1.165, 1.54) is 0 Å². The molecule has 11 heteroatoms. The number of carboxylic acids is 1. The molecule has 2 N–H and O–H groups in total. The Kier molecular flexibility index (Phi) is 9.93. The van der Waals surface area contributed by atoms with Gasteiger partial charge < -0.3 is 20.1 Å². The lowest BCUT2D eigenvalue weighted by Crippen LogP contribution is -2.52. The Morgan fingerprint density at radius 2 is 1.77 bits per heavy atom. The van der Waals surface area contributed by atoms with Gasteiger partial charge in [-0.3, -0.25) is 14.6 Å². The number of carbonyl (C=O) groups is 3. The van der Waals surface area contributed by atoms with Crippen molar-refractivity contribution in [1.82, 2.24) is 9.88 Å². The summed E-state index contributed by atoms with van der Waals surface area (Å²) in [5.41, 5.74) is 1.48. The Morgan fingerprint density at radius 3 is 2.33 bits per heavy atom. The number of carboxylic acid groups (broad SMARTS) is 1. The molecule has 3 heterocycles. The minimum Gasteiger partial charge on any atom is -0.487 e. The molecule has 2 amide bonds. The number of pyridine rings is 1. The number of alkyl halides is 3. The van der Waals surface area contributed by atoms with Gasteiger partial charge >= 0.3 is 12.1 Å². The maximum absolute atomic E-state index is 12.8. The van der Waals surface area contributed by atoms with Crippen LogP contribution in [0.15, 0.2) is 48.8 Å². The summed E-state index contributed by atoms with van der Waals surface area (Å²) in [4.78, 5) is 40.6. The second-order valence-corrected chi connectivity index (χ2v) is 9.86. The third-order valence-corrected chi connectivity index (χ3v) is 7.24. The molecule has 2 aliphatic rings. The summed E-state index contributed by atoms with van der Waals surface area (Å²) in [5.74, 6) is -1.44. The summed E-state index contributed by atoms with van der Waals surface area (Å²) in [6.07, 6.45) is 2.81. The number of ether oxygens (including phenoxy) is 1. The zero-order valence-electron chi connectivity index (χ0n) is 22.0. The van der Waals surface area contributed by atoms with E-state index in [4.69, 9.17) is 14.6 Å². The van der Waals surface area contributed by atoms with Gasteiger partial charge in [0.25, 0.3) is 0 Å². The van der Waals surface area contributed by atoms with Gasteiger partial charge in [0.05, 0.1) is 11.9 Å². The predicted molar refractivity (Wildman–Crippen MR) is 138 cm³/mol. The first-order valence-electron chi connectivity index (χ1n) is 13.0. The summed E-state index contributed by atoms with van der Waals surface area (Å²) >= 11 is 0. The first kappa shape index (κ1) is 29.9. The minimum absolute atomic E-state index is 0.0174. The third-order valence-electron chi connectivity index (χ3n) is 7.24. The highest BCUT2D eigenvalue weighted by Gasteiger charge is 2.44. The van der Waals surface area contributed by atoms with Crippen molar-refractivity contribution >= 4 is 23.5 Å². The van der Waals surface area contributed by atoms with Crippen LogP contribution in [0.25, 0.3) is 0 Å². The molecule has 1 saturated heterocycles. The molecule has 2 aromatic rings. The number of halogens is 3. The van der Waals surface area contributed by atoms with E-state index < -0.39 is 12.1 Å². The quantitative estimate of drug-likeness (QED) is 0.499. The van der Waals surface area contributed by atoms with Crippen molar-refractivity contribution in [3.05, 3.63) is 54.4 Å². The first-order valence-corrected chi connectivity index (χ1v) is 13.0. The number of anilines is 1. The monoisotopic (exact) mass is 549 g/mol. The lowest BCUT2D eigenvalue weighted by Gasteiger charge is -2.47. The van der Waals surface area contributed by atoms with Gasteiger partial charge in [0, 0.05) is 50.4 Å². The van der Waals surface area contributed by atoms with E-state index in [1.807, 2.05) is 35.2 Å². The summed E-state index contributed by atoms with van der Waals surface area (Å²) < 4.78 is 38.3. The number of hydrogen-bond donors (Lipinski definition) is 2. The summed E-state index contributed by atoms with van der Waals surface area (Å²) in [6.45, 7) is 5.60. The number of aromatic nitrogens is 1. The predicted octanol–water partition coefficient (Wildman–Crippen LogP) is 5.41. The number of carbonyl (C=O) groups excluding carboxylic acids is 2. The third kappa shape index (κ3) is 7.93. The molecule has 0 aliphatic carbocycles. The van der Waals surface area contributed by atoms with Gasteiger partial charge in [0.15, 0.2) is 0 Å². The maximum Gasteiger partial charge on any atom is 0.490 e. The van der Waals surface area contributed by atoms with Crippen molar-refractivity contribution in [2.75, 3.05) is 18.4 Å². The largest absolute Gasteiger partial charge is 0.490 e. The van der Waals surface area contributed by atoms with Gasteiger partial charge in [-0.05, 0) is 43.0 Å². The molecule has 1 fully saturated rings. The molecule has 1 spiro atoms. The molecule has 1 aromatic carbocycles. The van der Waals surface area contributed by atoms with Crippen LogP contribution in [0.2, 0.25) is 0 Å². The van der Waals surface area contributed by atoms with E-state index in [0.717, 1.165) is 43.4 Å². The lowest BCUT2D eigenvalue weighted by molar-refractivity contribution is -0.192. The highest BCUT2D eigenvalue weighted by atomic mass is 19.4. The Bertz CT molecular complexity index is 1130. The Balaban J connectivity index is 0.000000532. The number of fused-ring (bicyclic) bond motifs is 1. The second kappa shape index (κ2) is 12.9. The van der Waals surface area contributed by atoms with Crippen LogP contribution in [0.1, 0.15) is 63.9 Å². The molecule has 0 bridgehead atoms. The zero-order valence-corrected chi connectivity index (χ0v) is 22.0. The number of piperidine rings is 1. The molecule has 212 valence electrons. The number of nitrogens with one attached hydrogen (secondary N) is 1. The van der Waals surface area contributed by atoms with Crippen LogP contribution in [0.4, 0.5) is 18.9 Å². The summed E-state index contributed by atoms with van der Waals surface area (Å²) in [7, 11) is 0. The molecule has 1 atom stereocenters. The fraction of sp³-hybridized carbons (Fsp3) is 0.500. The van der Waals surface area contributed by atoms with Crippen molar-refractivity contribution in [3.63, 3.8) is 0 Å². The maximum atomic E-state index is 12.8. The van der Waals surface area contributed by atoms with Crippen LogP contribution in [0.5, 0.6) is 5.75 Å². The van der Waals surface area contributed by atoms with E-state index in [-0.39, 0.29) is 29.3 Å². The number of rotatable bonds is 6. The molecule has 39 heavy (non-hydrogen) atoms. The fourth-order valence-electron chi connectivity index (χ4n) is 5.14. The van der Waals surface area contributed by atoms with Gasteiger partial charge in [-0.15, -0.1) is 0 Å². The molecule has 8 nitrogen and oxygen atoms in total. The topological polar surface area (TPSA) is 109 Å². The summed E-state index contributed by atoms with van der Waals surface area (Å²) in [6, 6.07) is 11.7. The number of nitrogens with zero attached hydrogens (tertiary/aromatic N) is 2. The van der Waals surface area contributed by atoms with Gasteiger partial charge in [-0.25, -0.2) is 4.79 Å². The Labute approximate surface area is 225 Å². The van der Waals surface area contributed by atoms with E-state index in [1.54, 1.807) is 12.4 Å². The van der Waals surface area contributed by atoms with Crippen LogP contribution in [0, 0.1) is 5.92 Å². The van der Waals surface area contributed by atoms with Crippen molar-refractivity contribution in [2.45, 2.75) is 70.1 Å². The van der Waals surface area contributed by atoms with Crippen molar-refractivity contribution in [3.8, 4) is 5.75 Å². The van der Waals surface area contributed by atoms with E-state index in [0.29, 0.717) is 25.2 Å². The van der Waals surface area contributed by atoms with Crippen molar-refractivity contribution < 1.29 is 37.4 Å². The van der Waals surface area contributed by atoms with Crippen molar-refractivity contribution in [2.24, 2.45) is 5.92 Å². The molecule has 1 unspecified atom stereocenters. The van der Waals surface area contributed by atoms with Crippen LogP contribution in [0.3, 0.4) is 0 Å². The van der Waals surface area contributed by atoms with Crippen LogP contribution in [-0.4, -0.2) is 57.6 Å². The normalized spacial score (nSPS) is 17.9. The number of aliphatic carboxylic acids is 1. The minimum atomic E-state index is -5.08. The average Bonchev–Trinajstić information content (AvgIpc) is 2.90. The van der Waals surface area contributed by atoms with E-state index in [9.17, 15) is 22.8 Å². The van der Waals surface area contributed by atoms with Gasteiger partial charge in [-0.1, -0.05) is 32.0 Å². The number of benzene rings is 1.